The Kier molecular flexibility index (Phi) is 7.28. The Bertz CT molecular complexity index is 1140. The van der Waals surface area contributed by atoms with Crippen molar-refractivity contribution in [3.05, 3.63) is 45.6 Å². The number of hydrogen-bond acceptors (Lipinski definition) is 5. The van der Waals surface area contributed by atoms with Crippen LogP contribution in [0.25, 0.3) is 0 Å². The van der Waals surface area contributed by atoms with Crippen LogP contribution in [0.3, 0.4) is 0 Å². The molecule has 168 valence electrons. The number of nitrogens with zero attached hydrogens (tertiary/aromatic N) is 2. The highest BCUT2D eigenvalue weighted by molar-refractivity contribution is 7.93. The highest BCUT2D eigenvalue weighted by atomic mass is 32.2. The summed E-state index contributed by atoms with van der Waals surface area (Å²) in [6, 6.07) is 5.53. The molecule has 2 rings (SSSR count). The Morgan fingerprint density at radius 2 is 1.77 bits per heavy atom. The fourth-order valence-electron chi connectivity index (χ4n) is 2.95. The molecule has 1 aromatic carbocycles. The number of urea groups is 1. The van der Waals surface area contributed by atoms with Crippen LogP contribution in [0.1, 0.15) is 74.9 Å². The molecule has 0 saturated carbocycles. The molecule has 0 radical (unpaired) electrons. The van der Waals surface area contributed by atoms with Crippen LogP contribution in [0.15, 0.2) is 26.8 Å². The predicted molar refractivity (Wildman–Crippen MR) is 121 cm³/mol. The van der Waals surface area contributed by atoms with Gasteiger partial charge in [-0.1, -0.05) is 27.7 Å². The molecule has 0 saturated heterocycles. The van der Waals surface area contributed by atoms with E-state index in [4.69, 9.17) is 5.14 Å². The van der Waals surface area contributed by atoms with E-state index in [0.29, 0.717) is 22.6 Å². The van der Waals surface area contributed by atoms with Gasteiger partial charge in [0.05, 0.1) is 17.2 Å². The average Bonchev–Trinajstić information content (AvgIpc) is 3.04. The van der Waals surface area contributed by atoms with Gasteiger partial charge in [0.15, 0.2) is 19.9 Å². The van der Waals surface area contributed by atoms with Gasteiger partial charge in [0.25, 0.3) is 0 Å². The second-order valence-corrected chi connectivity index (χ2v) is 11.4. The summed E-state index contributed by atoms with van der Waals surface area (Å²) in [6.07, 6.45) is 0. The number of amides is 2. The van der Waals surface area contributed by atoms with E-state index in [-0.39, 0.29) is 16.7 Å². The number of nitrogens with two attached hydrogens (primary N) is 1. The largest absolute Gasteiger partial charge is 0.385 e. The number of halogens is 1. The summed E-state index contributed by atoms with van der Waals surface area (Å²) in [5, 5.41) is 27.8. The molecule has 2 amide bonds. The monoisotopic (exact) mass is 466 g/mol. The molecule has 0 aliphatic heterocycles. The number of carbonyl (C=O) groups is 1. The highest BCUT2D eigenvalue weighted by Crippen LogP contribution is 2.35. The number of aliphatic hydroxyl groups is 1. The lowest BCUT2D eigenvalue weighted by Gasteiger charge is -2.20. The maximum Gasteiger partial charge on any atom is 0.354 e. The highest BCUT2D eigenvalue weighted by Gasteiger charge is 2.26. The van der Waals surface area contributed by atoms with Crippen LogP contribution in [0.2, 0.25) is 0 Å². The molecular formula is C21H27FN4O3S2. The van der Waals surface area contributed by atoms with Crippen molar-refractivity contribution in [2.24, 2.45) is 9.50 Å². The van der Waals surface area contributed by atoms with Crippen LogP contribution in [-0.2, 0) is 15.5 Å². The van der Waals surface area contributed by atoms with Crippen LogP contribution in [0.5, 0.6) is 0 Å². The van der Waals surface area contributed by atoms with Gasteiger partial charge in [0, 0.05) is 10.6 Å². The van der Waals surface area contributed by atoms with Crippen LogP contribution >= 0.6 is 11.3 Å². The van der Waals surface area contributed by atoms with Crippen LogP contribution in [0.4, 0.5) is 14.9 Å². The van der Waals surface area contributed by atoms with Crippen molar-refractivity contribution in [1.82, 2.24) is 0 Å². The zero-order valence-electron chi connectivity index (χ0n) is 18.3. The quantitative estimate of drug-likeness (QED) is 0.561. The third kappa shape index (κ3) is 5.68. The van der Waals surface area contributed by atoms with Gasteiger partial charge < -0.3 is 10.4 Å². The van der Waals surface area contributed by atoms with Crippen molar-refractivity contribution in [3.63, 3.8) is 0 Å². The lowest BCUT2D eigenvalue weighted by Crippen LogP contribution is -2.19. The Morgan fingerprint density at radius 3 is 2.16 bits per heavy atom. The molecular weight excluding hydrogens is 439 g/mol. The molecule has 0 unspecified atom stereocenters. The van der Waals surface area contributed by atoms with Crippen LogP contribution in [-0.4, -0.2) is 15.3 Å². The summed E-state index contributed by atoms with van der Waals surface area (Å²) in [7, 11) is -3.89. The molecule has 1 aromatic heterocycles. The normalized spacial score (nSPS) is 13.7. The zero-order chi connectivity index (χ0) is 23.7. The molecule has 1 atom stereocenters. The topological polar surface area (TPSA) is 129 Å². The van der Waals surface area contributed by atoms with E-state index in [1.165, 1.54) is 13.8 Å². The minimum absolute atomic E-state index is 0.0209. The number of benzene rings is 1. The number of nitrogens with one attached hydrogen (secondary N) is 1. The molecule has 1 heterocycles. The van der Waals surface area contributed by atoms with Crippen molar-refractivity contribution in [2.45, 2.75) is 63.2 Å². The van der Waals surface area contributed by atoms with E-state index in [0.717, 1.165) is 17.2 Å². The van der Waals surface area contributed by atoms with Gasteiger partial charge in [-0.15, -0.1) is 15.7 Å². The summed E-state index contributed by atoms with van der Waals surface area (Å²) in [5.74, 6) is -0.935. The van der Waals surface area contributed by atoms with E-state index in [1.807, 2.05) is 27.7 Å². The van der Waals surface area contributed by atoms with Gasteiger partial charge in [-0.25, -0.2) is 18.5 Å². The Morgan fingerprint density at radius 1 is 1.26 bits per heavy atom. The lowest BCUT2D eigenvalue weighted by atomic mass is 9.90. The molecule has 0 aliphatic rings. The number of carbonyl (C=O) groups excluding carboxylic acids is 1. The Labute approximate surface area is 186 Å². The third-order valence-electron chi connectivity index (χ3n) is 4.55. The van der Waals surface area contributed by atoms with Crippen molar-refractivity contribution >= 4 is 33.0 Å². The van der Waals surface area contributed by atoms with Crippen molar-refractivity contribution in [3.8, 4) is 6.07 Å². The van der Waals surface area contributed by atoms with E-state index in [9.17, 15) is 23.8 Å². The summed E-state index contributed by atoms with van der Waals surface area (Å²) >= 11 is 0.707. The van der Waals surface area contributed by atoms with E-state index < -0.39 is 31.6 Å². The van der Waals surface area contributed by atoms with Crippen molar-refractivity contribution in [1.29, 1.82) is 5.26 Å². The fourth-order valence-corrected chi connectivity index (χ4v) is 5.29. The second kappa shape index (κ2) is 9.04. The van der Waals surface area contributed by atoms with Gasteiger partial charge >= 0.3 is 6.03 Å². The minimum Gasteiger partial charge on any atom is -0.385 e. The summed E-state index contributed by atoms with van der Waals surface area (Å²) in [5.41, 5.74) is 1.02. The molecule has 4 N–H and O–H groups in total. The summed E-state index contributed by atoms with van der Waals surface area (Å²) in [6.45, 7) is 10.6. The van der Waals surface area contributed by atoms with Crippen molar-refractivity contribution in [2.75, 3.05) is 5.32 Å². The molecule has 31 heavy (non-hydrogen) atoms. The number of anilines is 1. The number of thiophene rings is 1. The van der Waals surface area contributed by atoms with Gasteiger partial charge in [-0.3, -0.25) is 0 Å². The minimum atomic E-state index is -3.89. The van der Waals surface area contributed by atoms with Crippen molar-refractivity contribution < 1.29 is 18.5 Å². The molecule has 0 aliphatic carbocycles. The van der Waals surface area contributed by atoms with Crippen LogP contribution in [0, 0.1) is 17.1 Å². The molecule has 10 heteroatoms. The smallest absolute Gasteiger partial charge is 0.354 e. The van der Waals surface area contributed by atoms with Gasteiger partial charge in [-0.05, 0) is 55.0 Å². The average molecular weight is 467 g/mol. The third-order valence-corrected chi connectivity index (χ3v) is 7.89. The zero-order valence-corrected chi connectivity index (χ0v) is 19.9. The maximum absolute atomic E-state index is 14.4. The molecule has 7 nitrogen and oxygen atoms in total. The summed E-state index contributed by atoms with van der Waals surface area (Å²) < 4.78 is 30.4. The van der Waals surface area contributed by atoms with E-state index in [2.05, 4.69) is 15.7 Å². The standard InChI is InChI=1S/C21H27FN4O3S2/c1-11(2)14-7-13(10-23)8-15(12(3)4)18(14)25-20(27)26-31(24,29)19-16(22)9-17(30-19)21(5,6)28/h7-9,11-12,28H,1-6H3,(H3,24,25,26,27,29)/t31-/m1/s1. The molecule has 0 bridgehead atoms. The predicted octanol–water partition coefficient (Wildman–Crippen LogP) is 5.17. The second-order valence-electron chi connectivity index (χ2n) is 8.35. The first-order chi connectivity index (χ1) is 14.2. The number of nitriles is 1. The van der Waals surface area contributed by atoms with Gasteiger partial charge in [-0.2, -0.15) is 5.26 Å². The Hall–Kier alpha value is -2.32. The molecule has 2 aromatic rings. The first kappa shape index (κ1) is 24.9. The van der Waals surface area contributed by atoms with E-state index >= 15 is 0 Å². The lowest BCUT2D eigenvalue weighted by molar-refractivity contribution is 0.0823. The van der Waals surface area contributed by atoms with Gasteiger partial charge in [0.1, 0.15) is 0 Å². The van der Waals surface area contributed by atoms with Crippen LogP contribution < -0.4 is 10.5 Å². The maximum atomic E-state index is 14.4. The summed E-state index contributed by atoms with van der Waals surface area (Å²) in [4.78, 5) is 12.9. The number of rotatable bonds is 5. The first-order valence-corrected chi connectivity index (χ1v) is 12.0. The Balaban J connectivity index is 2.53. The molecule has 0 spiro atoms. The molecule has 0 fully saturated rings. The number of hydrogen-bond donors (Lipinski definition) is 3. The fraction of sp³-hybridized carbons (Fsp3) is 0.429. The van der Waals surface area contributed by atoms with Gasteiger partial charge in [0.2, 0.25) is 0 Å². The van der Waals surface area contributed by atoms with E-state index in [1.54, 1.807) is 12.1 Å². The first-order valence-electron chi connectivity index (χ1n) is 9.63. The SMILES string of the molecule is CC(C)c1cc(C#N)cc(C(C)C)c1NC(=O)N=[S@@](N)(=O)c1sc(C(C)(C)O)cc1F.